The van der Waals surface area contributed by atoms with Gasteiger partial charge in [0.2, 0.25) is 13.8 Å². The van der Waals surface area contributed by atoms with Crippen molar-refractivity contribution in [2.75, 3.05) is 6.54 Å². The summed E-state index contributed by atoms with van der Waals surface area (Å²) in [5.74, 6) is 0. The molecule has 7 heteroatoms. The van der Waals surface area contributed by atoms with Crippen molar-refractivity contribution in [2.45, 2.75) is 15.6 Å². The summed E-state index contributed by atoms with van der Waals surface area (Å²) >= 11 is 16.4. The van der Waals surface area contributed by atoms with Gasteiger partial charge in [-0.05, 0) is 19.1 Å². The highest BCUT2D eigenvalue weighted by Crippen LogP contribution is 2.25. The minimum atomic E-state index is -3.61. The van der Waals surface area contributed by atoms with Crippen molar-refractivity contribution < 1.29 is 8.42 Å². The fourth-order valence-electron chi connectivity index (χ4n) is 0.978. The molecule has 0 aliphatic rings. The predicted molar refractivity (Wildman–Crippen MR) is 66.7 cm³/mol. The van der Waals surface area contributed by atoms with Gasteiger partial charge < -0.3 is 0 Å². The van der Waals surface area contributed by atoms with Gasteiger partial charge >= 0.3 is 0 Å². The van der Waals surface area contributed by atoms with Crippen LogP contribution in [0.3, 0.4) is 0 Å². The molecule has 1 N–H and O–H groups in total. The van der Waals surface area contributed by atoms with Gasteiger partial charge in [-0.25, -0.2) is 13.1 Å². The van der Waals surface area contributed by atoms with Gasteiger partial charge in [-0.2, -0.15) is 0 Å². The molecule has 0 saturated heterocycles. The average molecular weight is 303 g/mol. The van der Waals surface area contributed by atoms with E-state index < -0.39 is 13.8 Å². The molecule has 1 aromatic rings. The van der Waals surface area contributed by atoms with Crippen LogP contribution >= 0.6 is 34.8 Å². The van der Waals surface area contributed by atoms with Gasteiger partial charge in [-0.1, -0.05) is 52.5 Å². The average Bonchev–Trinajstić information content (AvgIpc) is 2.15. The number of halogens is 3. The Balaban J connectivity index is 2.83. The third kappa shape index (κ3) is 4.47. The Morgan fingerprint density at radius 3 is 2.12 bits per heavy atom. The zero-order chi connectivity index (χ0) is 12.4. The Kier molecular flexibility index (Phi) is 4.49. The summed E-state index contributed by atoms with van der Waals surface area (Å²) in [5, 5.41) is 0. The number of benzene rings is 1. The number of hydrogen-bond donors (Lipinski definition) is 1. The molecule has 0 bridgehead atoms. The van der Waals surface area contributed by atoms with E-state index in [0.717, 1.165) is 5.56 Å². The molecule has 3 nitrogen and oxygen atoms in total. The molecular weight excluding hydrogens is 293 g/mol. The lowest BCUT2D eigenvalue weighted by atomic mass is 10.2. The van der Waals surface area contributed by atoms with Gasteiger partial charge in [0, 0.05) is 0 Å². The Labute approximate surface area is 110 Å². The zero-order valence-corrected chi connectivity index (χ0v) is 11.5. The van der Waals surface area contributed by atoms with Crippen molar-refractivity contribution in [2.24, 2.45) is 0 Å². The maximum atomic E-state index is 11.7. The topological polar surface area (TPSA) is 46.2 Å². The third-order valence-electron chi connectivity index (χ3n) is 1.79. The number of nitrogens with one attached hydrogen (secondary N) is 1. The lowest BCUT2D eigenvalue weighted by Crippen LogP contribution is -2.32. The lowest BCUT2D eigenvalue weighted by Gasteiger charge is -2.12. The first-order chi connectivity index (χ1) is 7.21. The van der Waals surface area contributed by atoms with Gasteiger partial charge in [-0.15, -0.1) is 0 Å². The SMILES string of the molecule is Cc1ccc(S(=O)(=O)NCC(Cl)(Cl)Cl)cc1. The van der Waals surface area contributed by atoms with Crippen LogP contribution < -0.4 is 4.72 Å². The van der Waals surface area contributed by atoms with Crippen LogP contribution in [0.25, 0.3) is 0 Å². The quantitative estimate of drug-likeness (QED) is 0.873. The molecule has 0 atom stereocenters. The van der Waals surface area contributed by atoms with Crippen LogP contribution in [0.2, 0.25) is 0 Å². The third-order valence-corrected chi connectivity index (χ3v) is 3.61. The largest absolute Gasteiger partial charge is 0.240 e. The summed E-state index contributed by atoms with van der Waals surface area (Å²) in [7, 11) is -3.61. The predicted octanol–water partition coefficient (Wildman–Crippen LogP) is 2.64. The van der Waals surface area contributed by atoms with Crippen LogP contribution in [0.5, 0.6) is 0 Å². The van der Waals surface area contributed by atoms with Crippen LogP contribution in [-0.2, 0) is 10.0 Å². The van der Waals surface area contributed by atoms with E-state index in [1.165, 1.54) is 12.1 Å². The fraction of sp³-hybridized carbons (Fsp3) is 0.333. The first-order valence-electron chi connectivity index (χ1n) is 4.34. The maximum absolute atomic E-state index is 11.7. The van der Waals surface area contributed by atoms with Crippen molar-refractivity contribution in [1.82, 2.24) is 4.72 Å². The Bertz CT molecular complexity index is 451. The summed E-state index contributed by atoms with van der Waals surface area (Å²) in [5.41, 5.74) is 0.973. The molecule has 16 heavy (non-hydrogen) atoms. The molecule has 0 fully saturated rings. The summed E-state index contributed by atoms with van der Waals surface area (Å²) in [6, 6.07) is 6.39. The molecule has 0 saturated carbocycles. The van der Waals surface area contributed by atoms with Gasteiger partial charge in [0.15, 0.2) is 0 Å². The van der Waals surface area contributed by atoms with Crippen molar-refractivity contribution in [3.8, 4) is 0 Å². The molecule has 0 aliphatic carbocycles. The number of aryl methyl sites for hydroxylation is 1. The Morgan fingerprint density at radius 2 is 1.69 bits per heavy atom. The lowest BCUT2D eigenvalue weighted by molar-refractivity contribution is 0.582. The molecule has 0 heterocycles. The number of hydrogen-bond acceptors (Lipinski definition) is 2. The van der Waals surface area contributed by atoms with Crippen LogP contribution in [-0.4, -0.2) is 18.8 Å². The normalized spacial score (nSPS) is 12.8. The van der Waals surface area contributed by atoms with E-state index in [4.69, 9.17) is 34.8 Å². The Morgan fingerprint density at radius 1 is 1.19 bits per heavy atom. The van der Waals surface area contributed by atoms with Gasteiger partial charge in [0.25, 0.3) is 0 Å². The monoisotopic (exact) mass is 301 g/mol. The minimum absolute atomic E-state index is 0.146. The van der Waals surface area contributed by atoms with Crippen molar-refractivity contribution in [3.05, 3.63) is 29.8 Å². The molecule has 0 aromatic heterocycles. The molecule has 0 radical (unpaired) electrons. The highest BCUT2D eigenvalue weighted by atomic mass is 35.6. The molecule has 0 unspecified atom stereocenters. The number of sulfonamides is 1. The number of alkyl halides is 3. The molecule has 1 aromatic carbocycles. The second kappa shape index (κ2) is 5.10. The highest BCUT2D eigenvalue weighted by Gasteiger charge is 2.23. The summed E-state index contributed by atoms with van der Waals surface area (Å²) in [6.07, 6.45) is 0. The zero-order valence-electron chi connectivity index (χ0n) is 8.38. The standard InChI is InChI=1S/C9H10Cl3NO2S/c1-7-2-4-8(5-3-7)16(14,15)13-6-9(10,11)12/h2-5,13H,6H2,1H3. The van der Waals surface area contributed by atoms with Crippen molar-refractivity contribution >= 4 is 44.8 Å². The molecule has 0 spiro atoms. The maximum Gasteiger partial charge on any atom is 0.240 e. The molecule has 0 aliphatic heterocycles. The molecule has 1 rings (SSSR count). The minimum Gasteiger partial charge on any atom is -0.207 e. The van der Waals surface area contributed by atoms with Crippen molar-refractivity contribution in [1.29, 1.82) is 0 Å². The van der Waals surface area contributed by atoms with Gasteiger partial charge in [0.05, 0.1) is 11.4 Å². The van der Waals surface area contributed by atoms with E-state index >= 15 is 0 Å². The highest BCUT2D eigenvalue weighted by molar-refractivity contribution is 7.89. The Hall–Kier alpha value is -0.000000000000000167. The van der Waals surface area contributed by atoms with E-state index in [2.05, 4.69) is 4.72 Å². The van der Waals surface area contributed by atoms with Crippen molar-refractivity contribution in [3.63, 3.8) is 0 Å². The van der Waals surface area contributed by atoms with E-state index in [0.29, 0.717) is 0 Å². The van der Waals surface area contributed by atoms with E-state index in [1.54, 1.807) is 12.1 Å². The van der Waals surface area contributed by atoms with E-state index in [-0.39, 0.29) is 11.4 Å². The van der Waals surface area contributed by atoms with Crippen LogP contribution in [0.15, 0.2) is 29.2 Å². The number of rotatable bonds is 3. The first kappa shape index (κ1) is 14.1. The summed E-state index contributed by atoms with van der Waals surface area (Å²) < 4.78 is 24.0. The van der Waals surface area contributed by atoms with Crippen LogP contribution in [0.1, 0.15) is 5.56 Å². The fourth-order valence-corrected chi connectivity index (χ4v) is 2.48. The molecule has 90 valence electrons. The smallest absolute Gasteiger partial charge is 0.207 e. The summed E-state index contributed by atoms with van der Waals surface area (Å²) in [4.78, 5) is 0.146. The van der Waals surface area contributed by atoms with E-state index in [9.17, 15) is 8.42 Å². The van der Waals surface area contributed by atoms with Gasteiger partial charge in [-0.3, -0.25) is 0 Å². The second-order valence-corrected chi connectivity index (χ2v) is 7.54. The van der Waals surface area contributed by atoms with E-state index in [1.807, 2.05) is 6.92 Å². The van der Waals surface area contributed by atoms with Gasteiger partial charge in [0.1, 0.15) is 0 Å². The van der Waals surface area contributed by atoms with Crippen LogP contribution in [0, 0.1) is 6.92 Å². The second-order valence-electron chi connectivity index (χ2n) is 3.25. The summed E-state index contributed by atoms with van der Waals surface area (Å²) in [6.45, 7) is 1.60. The first-order valence-corrected chi connectivity index (χ1v) is 6.95. The molecule has 0 amide bonds. The van der Waals surface area contributed by atoms with Crippen LogP contribution in [0.4, 0.5) is 0 Å². The molecular formula is C9H10Cl3NO2S.